The lowest BCUT2D eigenvalue weighted by Crippen LogP contribution is -2.17. The fourth-order valence-corrected chi connectivity index (χ4v) is 3.47. The van der Waals surface area contributed by atoms with E-state index in [0.29, 0.717) is 0 Å². The first-order chi connectivity index (χ1) is 13.6. The first-order valence-electron chi connectivity index (χ1n) is 7.85. The third-order valence-corrected chi connectivity index (χ3v) is 5.07. The van der Waals surface area contributed by atoms with Gasteiger partial charge < -0.3 is 14.2 Å². The van der Waals surface area contributed by atoms with Gasteiger partial charge in [-0.15, -0.1) is 0 Å². The molecule has 0 amide bonds. The zero-order chi connectivity index (χ0) is 21.8. The molecule has 0 unspecified atom stereocenters. The molecule has 2 aromatic carbocycles. The van der Waals surface area contributed by atoms with E-state index in [-0.39, 0.29) is 22.4 Å². The molecule has 0 aliphatic heterocycles. The van der Waals surface area contributed by atoms with Gasteiger partial charge in [0.25, 0.3) is 10.0 Å². The number of halogens is 1. The van der Waals surface area contributed by atoms with Crippen LogP contribution in [-0.4, -0.2) is 47.7 Å². The Morgan fingerprint density at radius 3 is 1.76 bits per heavy atom. The van der Waals surface area contributed by atoms with E-state index in [4.69, 9.17) is 0 Å². The summed E-state index contributed by atoms with van der Waals surface area (Å²) in [4.78, 5) is 34.4. The number of sulfonamides is 1. The van der Waals surface area contributed by atoms with Crippen LogP contribution in [0.5, 0.6) is 0 Å². The standard InChI is InChI=1S/C18H16FNO8S/c1-26-16(21)10-4-5-14(19)15(9-10)29(24,25)20-13-7-11(17(22)27-2)6-12(8-13)18(23)28-3/h4-9,20H,1-3H3. The monoisotopic (exact) mass is 425 g/mol. The average Bonchev–Trinajstić information content (AvgIpc) is 2.71. The van der Waals surface area contributed by atoms with E-state index in [1.54, 1.807) is 0 Å². The van der Waals surface area contributed by atoms with Gasteiger partial charge in [0.2, 0.25) is 0 Å². The topological polar surface area (TPSA) is 125 Å². The maximum Gasteiger partial charge on any atom is 0.337 e. The molecule has 29 heavy (non-hydrogen) atoms. The molecule has 0 aliphatic carbocycles. The molecule has 0 radical (unpaired) electrons. The van der Waals surface area contributed by atoms with E-state index in [2.05, 4.69) is 18.9 Å². The molecule has 0 fully saturated rings. The molecule has 0 bridgehead atoms. The number of esters is 3. The molecule has 2 rings (SSSR count). The summed E-state index contributed by atoms with van der Waals surface area (Å²) >= 11 is 0. The Labute approximate surface area is 165 Å². The van der Waals surface area contributed by atoms with Crippen molar-refractivity contribution in [3.05, 3.63) is 58.9 Å². The van der Waals surface area contributed by atoms with Crippen LogP contribution in [-0.2, 0) is 24.2 Å². The highest BCUT2D eigenvalue weighted by molar-refractivity contribution is 7.92. The van der Waals surface area contributed by atoms with Crippen LogP contribution >= 0.6 is 0 Å². The highest BCUT2D eigenvalue weighted by atomic mass is 32.2. The van der Waals surface area contributed by atoms with Crippen LogP contribution in [0.2, 0.25) is 0 Å². The van der Waals surface area contributed by atoms with Crippen LogP contribution in [0.3, 0.4) is 0 Å². The van der Waals surface area contributed by atoms with Crippen LogP contribution in [0.15, 0.2) is 41.3 Å². The third kappa shape index (κ3) is 4.88. The number of nitrogens with one attached hydrogen (secondary N) is 1. The number of hydrogen-bond donors (Lipinski definition) is 1. The molecule has 1 N–H and O–H groups in total. The minimum Gasteiger partial charge on any atom is -0.465 e. The Hall–Kier alpha value is -3.47. The number of methoxy groups -OCH3 is 3. The molecular formula is C18H16FNO8S. The Balaban J connectivity index is 2.53. The van der Waals surface area contributed by atoms with E-state index in [9.17, 15) is 27.2 Å². The summed E-state index contributed by atoms with van der Waals surface area (Å²) in [6, 6.07) is 6.00. The van der Waals surface area contributed by atoms with Crippen LogP contribution < -0.4 is 4.72 Å². The molecule has 0 atom stereocenters. The zero-order valence-electron chi connectivity index (χ0n) is 15.5. The zero-order valence-corrected chi connectivity index (χ0v) is 16.3. The first kappa shape index (κ1) is 21.8. The SMILES string of the molecule is COC(=O)c1cc(NS(=O)(=O)c2cc(C(=O)OC)ccc2F)cc(C(=O)OC)c1. The van der Waals surface area contributed by atoms with Crippen molar-refractivity contribution in [2.45, 2.75) is 4.90 Å². The van der Waals surface area contributed by atoms with Crippen LogP contribution in [0.1, 0.15) is 31.1 Å². The lowest BCUT2D eigenvalue weighted by atomic mass is 10.1. The summed E-state index contributed by atoms with van der Waals surface area (Å²) in [6.07, 6.45) is 0. The average molecular weight is 425 g/mol. The van der Waals surface area contributed by atoms with E-state index in [1.165, 1.54) is 0 Å². The van der Waals surface area contributed by atoms with Gasteiger partial charge in [0.1, 0.15) is 10.7 Å². The fraction of sp³-hybridized carbons (Fsp3) is 0.167. The Morgan fingerprint density at radius 2 is 1.28 bits per heavy atom. The largest absolute Gasteiger partial charge is 0.465 e. The molecule has 0 saturated carbocycles. The van der Waals surface area contributed by atoms with Gasteiger partial charge in [-0.05, 0) is 36.4 Å². The molecule has 9 nitrogen and oxygen atoms in total. The summed E-state index contributed by atoms with van der Waals surface area (Å²) in [5, 5.41) is 0. The number of anilines is 1. The van der Waals surface area contributed by atoms with Crippen LogP contribution in [0.4, 0.5) is 10.1 Å². The fourth-order valence-electron chi connectivity index (χ4n) is 2.32. The summed E-state index contributed by atoms with van der Waals surface area (Å²) < 4.78 is 55.1. The minimum atomic E-state index is -4.54. The molecule has 0 spiro atoms. The number of benzene rings is 2. The van der Waals surface area contributed by atoms with Crippen molar-refractivity contribution in [2.24, 2.45) is 0 Å². The lowest BCUT2D eigenvalue weighted by Gasteiger charge is -2.12. The van der Waals surface area contributed by atoms with Gasteiger partial charge in [-0.1, -0.05) is 0 Å². The molecule has 2 aromatic rings. The number of carbonyl (C=O) groups excluding carboxylic acids is 3. The van der Waals surface area contributed by atoms with Gasteiger partial charge in [0.15, 0.2) is 0 Å². The highest BCUT2D eigenvalue weighted by Gasteiger charge is 2.23. The van der Waals surface area contributed by atoms with Gasteiger partial charge in [-0.3, -0.25) is 4.72 Å². The van der Waals surface area contributed by atoms with Gasteiger partial charge in [-0.25, -0.2) is 27.2 Å². The van der Waals surface area contributed by atoms with E-state index in [1.807, 2.05) is 0 Å². The summed E-state index contributed by atoms with van der Waals surface area (Å²) in [5.74, 6) is -3.66. The Morgan fingerprint density at radius 1 is 0.793 bits per heavy atom. The number of rotatable bonds is 6. The second kappa shape index (κ2) is 8.69. The van der Waals surface area contributed by atoms with Crippen molar-refractivity contribution in [2.75, 3.05) is 26.1 Å². The van der Waals surface area contributed by atoms with E-state index >= 15 is 0 Å². The maximum absolute atomic E-state index is 14.1. The summed E-state index contributed by atoms with van der Waals surface area (Å²) in [6.45, 7) is 0. The van der Waals surface area contributed by atoms with Crippen molar-refractivity contribution >= 4 is 33.6 Å². The summed E-state index contributed by atoms with van der Waals surface area (Å²) in [5.41, 5.74) is -0.697. The normalized spacial score (nSPS) is 10.8. The van der Waals surface area contributed by atoms with E-state index in [0.717, 1.165) is 57.7 Å². The minimum absolute atomic E-state index is 0.142. The molecule has 0 saturated heterocycles. The van der Waals surface area contributed by atoms with Crippen LogP contribution in [0, 0.1) is 5.82 Å². The maximum atomic E-state index is 14.1. The van der Waals surface area contributed by atoms with Crippen LogP contribution in [0.25, 0.3) is 0 Å². The lowest BCUT2D eigenvalue weighted by molar-refractivity contribution is 0.0587. The highest BCUT2D eigenvalue weighted by Crippen LogP contribution is 2.23. The van der Waals surface area contributed by atoms with Crippen molar-refractivity contribution in [3.8, 4) is 0 Å². The van der Waals surface area contributed by atoms with Crippen molar-refractivity contribution in [1.29, 1.82) is 0 Å². The van der Waals surface area contributed by atoms with Gasteiger partial charge in [0.05, 0.1) is 43.7 Å². The number of carbonyl (C=O) groups is 3. The molecule has 154 valence electrons. The van der Waals surface area contributed by atoms with Gasteiger partial charge in [-0.2, -0.15) is 0 Å². The quantitative estimate of drug-likeness (QED) is 0.550. The number of ether oxygens (including phenoxy) is 3. The Bertz CT molecular complexity index is 1050. The predicted octanol–water partition coefficient (Wildman–Crippen LogP) is 1.99. The molecule has 11 heteroatoms. The van der Waals surface area contributed by atoms with Gasteiger partial charge >= 0.3 is 17.9 Å². The Kier molecular flexibility index (Phi) is 6.54. The number of hydrogen-bond acceptors (Lipinski definition) is 8. The van der Waals surface area contributed by atoms with E-state index < -0.39 is 38.6 Å². The third-order valence-electron chi connectivity index (χ3n) is 3.67. The molecule has 0 aliphatic rings. The first-order valence-corrected chi connectivity index (χ1v) is 9.33. The summed E-state index contributed by atoms with van der Waals surface area (Å²) in [7, 11) is -1.25. The van der Waals surface area contributed by atoms with Gasteiger partial charge in [0, 0.05) is 0 Å². The predicted molar refractivity (Wildman–Crippen MR) is 97.7 cm³/mol. The molecule has 0 heterocycles. The molecule has 0 aromatic heterocycles. The van der Waals surface area contributed by atoms with Crippen molar-refractivity contribution in [3.63, 3.8) is 0 Å². The second-order valence-electron chi connectivity index (χ2n) is 5.52. The van der Waals surface area contributed by atoms with Crippen molar-refractivity contribution in [1.82, 2.24) is 0 Å². The van der Waals surface area contributed by atoms with Crippen molar-refractivity contribution < 1.29 is 41.4 Å². The second-order valence-corrected chi connectivity index (χ2v) is 7.18. The smallest absolute Gasteiger partial charge is 0.337 e. The molecular weight excluding hydrogens is 409 g/mol.